The van der Waals surface area contributed by atoms with E-state index in [4.69, 9.17) is 9.47 Å². The third-order valence-corrected chi connectivity index (χ3v) is 5.20. The lowest BCUT2D eigenvalue weighted by molar-refractivity contribution is 0.104. The zero-order valence-electron chi connectivity index (χ0n) is 16.0. The second-order valence-electron chi connectivity index (χ2n) is 6.26. The minimum atomic E-state index is -0.611. The van der Waals surface area contributed by atoms with Gasteiger partial charge in [-0.2, -0.15) is 0 Å². The molecule has 1 aliphatic rings. The second kappa shape index (κ2) is 7.67. The summed E-state index contributed by atoms with van der Waals surface area (Å²) in [4.78, 5) is 37.8. The molecule has 0 saturated heterocycles. The van der Waals surface area contributed by atoms with Crippen LogP contribution in [0.4, 0.5) is 5.82 Å². The molecule has 28 heavy (non-hydrogen) atoms. The Kier molecular flexibility index (Phi) is 5.46. The number of aromatic nitrogens is 2. The van der Waals surface area contributed by atoms with Gasteiger partial charge in [-0.15, -0.1) is 0 Å². The molecule has 1 aliphatic heterocycles. The molecule has 8 nitrogen and oxygen atoms in total. The summed E-state index contributed by atoms with van der Waals surface area (Å²) in [5.41, 5.74) is -0.240. The molecule has 2 aromatic rings. The van der Waals surface area contributed by atoms with E-state index in [9.17, 15) is 14.4 Å². The van der Waals surface area contributed by atoms with Crippen molar-refractivity contribution < 1.29 is 14.3 Å². The van der Waals surface area contributed by atoms with Crippen LogP contribution in [-0.2, 0) is 13.6 Å². The van der Waals surface area contributed by atoms with Crippen molar-refractivity contribution in [3.8, 4) is 11.5 Å². The van der Waals surface area contributed by atoms with Gasteiger partial charge in [-0.3, -0.25) is 18.7 Å². The zero-order chi connectivity index (χ0) is 20.6. The van der Waals surface area contributed by atoms with Crippen molar-refractivity contribution >= 4 is 33.6 Å². The maximum atomic E-state index is 12.9. The van der Waals surface area contributed by atoms with Crippen LogP contribution < -0.4 is 26.0 Å². The van der Waals surface area contributed by atoms with Crippen molar-refractivity contribution in [2.45, 2.75) is 19.9 Å². The molecule has 3 rings (SSSR count). The van der Waals surface area contributed by atoms with Crippen LogP contribution in [-0.4, -0.2) is 29.1 Å². The Morgan fingerprint density at radius 3 is 2.39 bits per heavy atom. The lowest BCUT2D eigenvalue weighted by Crippen LogP contribution is -2.40. The number of anilines is 1. The summed E-state index contributed by atoms with van der Waals surface area (Å²) < 4.78 is 13.6. The summed E-state index contributed by atoms with van der Waals surface area (Å²) in [7, 11) is 4.42. The molecule has 2 heterocycles. The van der Waals surface area contributed by atoms with Crippen molar-refractivity contribution in [2.24, 2.45) is 7.05 Å². The highest BCUT2D eigenvalue weighted by Gasteiger charge is 2.32. The van der Waals surface area contributed by atoms with Gasteiger partial charge in [0.05, 0.1) is 19.9 Å². The van der Waals surface area contributed by atoms with E-state index in [-0.39, 0.29) is 17.1 Å². The summed E-state index contributed by atoms with van der Waals surface area (Å²) in [6, 6.07) is 3.44. The molecule has 1 aromatic heterocycles. The van der Waals surface area contributed by atoms with Gasteiger partial charge in [-0.05, 0) is 30.2 Å². The van der Waals surface area contributed by atoms with Crippen LogP contribution >= 0.6 is 15.9 Å². The zero-order valence-corrected chi connectivity index (χ0v) is 17.5. The van der Waals surface area contributed by atoms with Crippen LogP contribution in [0.3, 0.4) is 0 Å². The van der Waals surface area contributed by atoms with Gasteiger partial charge < -0.3 is 14.8 Å². The van der Waals surface area contributed by atoms with E-state index < -0.39 is 17.0 Å². The maximum absolute atomic E-state index is 12.9. The normalized spacial score (nSPS) is 14.2. The predicted octanol–water partition coefficient (Wildman–Crippen LogP) is 2.39. The van der Waals surface area contributed by atoms with Crippen LogP contribution in [0.15, 0.2) is 31.9 Å². The molecule has 148 valence electrons. The molecular weight excluding hydrogens is 430 g/mol. The van der Waals surface area contributed by atoms with E-state index in [1.165, 1.54) is 25.8 Å². The number of hydrogen-bond acceptors (Lipinski definition) is 6. The molecule has 0 aliphatic carbocycles. The summed E-state index contributed by atoms with van der Waals surface area (Å²) in [6.07, 6.45) is 2.29. The fourth-order valence-corrected chi connectivity index (χ4v) is 3.53. The molecular formula is C19H20BrN3O5. The van der Waals surface area contributed by atoms with E-state index in [2.05, 4.69) is 21.2 Å². The standard InChI is InChI=1S/C19H20BrN3O5/c1-5-6-23-17-15(18(25)22(2)19(23)26)16(24)12(21-17)7-10-8-13(27-3)14(28-4)9-11(10)20/h7-9,21H,5-6H2,1-4H3. The average Bonchev–Trinajstić information content (AvgIpc) is 3.00. The van der Waals surface area contributed by atoms with Gasteiger partial charge in [0.1, 0.15) is 11.4 Å². The fraction of sp³-hybridized carbons (Fsp3) is 0.316. The lowest BCUT2D eigenvalue weighted by atomic mass is 10.1. The molecule has 0 radical (unpaired) electrons. The van der Waals surface area contributed by atoms with Gasteiger partial charge in [0.2, 0.25) is 5.78 Å². The van der Waals surface area contributed by atoms with E-state index >= 15 is 0 Å². The molecule has 9 heteroatoms. The van der Waals surface area contributed by atoms with Gasteiger partial charge in [-0.25, -0.2) is 4.79 Å². The van der Waals surface area contributed by atoms with Crippen LogP contribution in [0.5, 0.6) is 11.5 Å². The number of halogens is 1. The number of ether oxygens (including phenoxy) is 2. The maximum Gasteiger partial charge on any atom is 0.332 e. The predicted molar refractivity (Wildman–Crippen MR) is 109 cm³/mol. The average molecular weight is 450 g/mol. The van der Waals surface area contributed by atoms with E-state index in [1.54, 1.807) is 18.2 Å². The number of ketones is 1. The first kappa shape index (κ1) is 19.9. The molecule has 0 spiro atoms. The molecule has 1 N–H and O–H groups in total. The first-order chi connectivity index (χ1) is 13.3. The molecule has 0 atom stereocenters. The number of carbonyl (C=O) groups is 1. The number of rotatable bonds is 5. The van der Waals surface area contributed by atoms with Gasteiger partial charge in [0.15, 0.2) is 11.5 Å². The Morgan fingerprint density at radius 2 is 1.79 bits per heavy atom. The van der Waals surface area contributed by atoms with Crippen LogP contribution in [0.25, 0.3) is 6.08 Å². The third kappa shape index (κ3) is 3.15. The quantitative estimate of drug-likeness (QED) is 0.704. The number of nitrogens with one attached hydrogen (secondary N) is 1. The third-order valence-electron chi connectivity index (χ3n) is 4.52. The van der Waals surface area contributed by atoms with Crippen molar-refractivity contribution in [2.75, 3.05) is 19.5 Å². The number of fused-ring (bicyclic) bond motifs is 1. The number of methoxy groups -OCH3 is 2. The molecule has 0 bridgehead atoms. The van der Waals surface area contributed by atoms with E-state index in [0.717, 1.165) is 4.57 Å². The number of hydrogen-bond donors (Lipinski definition) is 1. The Morgan fingerprint density at radius 1 is 1.14 bits per heavy atom. The Bertz CT molecular complexity index is 1110. The van der Waals surface area contributed by atoms with E-state index in [1.807, 2.05) is 6.92 Å². The van der Waals surface area contributed by atoms with Crippen molar-refractivity contribution in [3.05, 3.63) is 54.3 Å². The van der Waals surface area contributed by atoms with Gasteiger partial charge in [0, 0.05) is 18.1 Å². The first-order valence-electron chi connectivity index (χ1n) is 8.62. The summed E-state index contributed by atoms with van der Waals surface area (Å²) >= 11 is 3.45. The molecule has 0 saturated carbocycles. The molecule has 0 fully saturated rings. The minimum absolute atomic E-state index is 0.0293. The minimum Gasteiger partial charge on any atom is -0.493 e. The van der Waals surface area contributed by atoms with E-state index in [0.29, 0.717) is 34.5 Å². The SMILES string of the molecule is CCCn1c2c(c(=O)n(C)c1=O)C(=O)C(=Cc1cc(OC)c(OC)cc1Br)N2. The summed E-state index contributed by atoms with van der Waals surface area (Å²) in [5.74, 6) is 0.820. The molecule has 1 aromatic carbocycles. The van der Waals surface area contributed by atoms with Gasteiger partial charge >= 0.3 is 5.69 Å². The number of nitrogens with zero attached hydrogens (tertiary/aromatic N) is 2. The van der Waals surface area contributed by atoms with Crippen molar-refractivity contribution in [3.63, 3.8) is 0 Å². The van der Waals surface area contributed by atoms with Crippen LogP contribution in [0, 0.1) is 0 Å². The molecule has 0 amide bonds. The van der Waals surface area contributed by atoms with Crippen molar-refractivity contribution in [1.29, 1.82) is 0 Å². The highest BCUT2D eigenvalue weighted by Crippen LogP contribution is 2.35. The summed E-state index contributed by atoms with van der Waals surface area (Å²) in [5, 5.41) is 2.96. The number of Topliss-reactive ketones (excluding diaryl/α,β-unsaturated/α-hetero) is 1. The largest absolute Gasteiger partial charge is 0.493 e. The topological polar surface area (TPSA) is 91.6 Å². The second-order valence-corrected chi connectivity index (χ2v) is 7.12. The summed E-state index contributed by atoms with van der Waals surface area (Å²) in [6.45, 7) is 2.31. The van der Waals surface area contributed by atoms with Gasteiger partial charge in [0.25, 0.3) is 5.56 Å². The lowest BCUT2D eigenvalue weighted by Gasteiger charge is -2.12. The Labute approximate surface area is 169 Å². The van der Waals surface area contributed by atoms with Crippen molar-refractivity contribution in [1.82, 2.24) is 9.13 Å². The Balaban J connectivity index is 2.16. The van der Waals surface area contributed by atoms with Crippen LogP contribution in [0.2, 0.25) is 0 Å². The monoisotopic (exact) mass is 449 g/mol. The fourth-order valence-electron chi connectivity index (χ4n) is 3.09. The van der Waals surface area contributed by atoms with Gasteiger partial charge in [-0.1, -0.05) is 22.9 Å². The highest BCUT2D eigenvalue weighted by atomic mass is 79.9. The smallest absolute Gasteiger partial charge is 0.332 e. The first-order valence-corrected chi connectivity index (χ1v) is 9.42. The Hall–Kier alpha value is -2.81. The highest BCUT2D eigenvalue weighted by molar-refractivity contribution is 9.10. The number of benzene rings is 1. The number of carbonyl (C=O) groups excluding carboxylic acids is 1. The number of allylic oxidation sites excluding steroid dienone is 1. The van der Waals surface area contributed by atoms with Crippen LogP contribution in [0.1, 0.15) is 29.3 Å². The molecule has 0 unspecified atom stereocenters.